The van der Waals surface area contributed by atoms with Crippen molar-refractivity contribution >= 4 is 34.7 Å². The Hall–Kier alpha value is -2.14. The molecule has 1 saturated carbocycles. The first-order valence-electron chi connectivity index (χ1n) is 8.80. The van der Waals surface area contributed by atoms with Crippen molar-refractivity contribution in [1.29, 1.82) is 0 Å². The summed E-state index contributed by atoms with van der Waals surface area (Å²) in [6.07, 6.45) is -4.40. The van der Waals surface area contributed by atoms with E-state index in [9.17, 15) is 22.4 Å². The van der Waals surface area contributed by atoms with Gasteiger partial charge in [-0.25, -0.2) is 22.4 Å². The molecule has 11 heteroatoms. The highest BCUT2D eigenvalue weighted by atomic mass is 32.1. The van der Waals surface area contributed by atoms with E-state index in [1.807, 2.05) is 0 Å². The van der Waals surface area contributed by atoms with Crippen molar-refractivity contribution < 1.29 is 27.1 Å². The number of hydrogen-bond donors (Lipinski definition) is 2. The molecule has 3 aliphatic rings. The first kappa shape index (κ1) is 19.2. The van der Waals surface area contributed by atoms with Crippen LogP contribution >= 0.6 is 12.2 Å². The Bertz CT molecular complexity index is 791. The predicted octanol–water partition coefficient (Wildman–Crippen LogP) is 1.87. The maximum atomic E-state index is 14.6. The summed E-state index contributed by atoms with van der Waals surface area (Å²) in [5.41, 5.74) is 5.73. The van der Waals surface area contributed by atoms with Gasteiger partial charge in [0.15, 0.2) is 11.6 Å². The van der Waals surface area contributed by atoms with E-state index in [4.69, 9.17) is 10.5 Å². The molecule has 152 valence electrons. The number of carbonyl (C=O) groups excluding carboxylic acids is 1. The molecule has 1 amide bonds. The highest BCUT2D eigenvalue weighted by molar-refractivity contribution is 7.80. The lowest BCUT2D eigenvalue weighted by Crippen LogP contribution is -2.36. The van der Waals surface area contributed by atoms with Crippen LogP contribution < -0.4 is 20.9 Å². The topological polar surface area (TPSA) is 70.8 Å². The Labute approximate surface area is 163 Å². The molecule has 1 unspecified atom stereocenters. The van der Waals surface area contributed by atoms with Gasteiger partial charge >= 0.3 is 6.09 Å². The monoisotopic (exact) mass is 418 g/mol. The highest BCUT2D eigenvalue weighted by Gasteiger charge is 2.54. The van der Waals surface area contributed by atoms with E-state index >= 15 is 0 Å². The average Bonchev–Trinajstić information content (AvgIpc) is 3.00. The van der Waals surface area contributed by atoms with Gasteiger partial charge in [0.1, 0.15) is 16.8 Å². The summed E-state index contributed by atoms with van der Waals surface area (Å²) in [5.74, 6) is -1.03. The van der Waals surface area contributed by atoms with Gasteiger partial charge in [-0.1, -0.05) is 12.2 Å². The maximum absolute atomic E-state index is 14.6. The van der Waals surface area contributed by atoms with Crippen molar-refractivity contribution in [3.63, 3.8) is 0 Å². The largest absolute Gasteiger partial charge is 0.442 e. The number of anilines is 2. The molecule has 2 aliphatic heterocycles. The van der Waals surface area contributed by atoms with Gasteiger partial charge in [0.25, 0.3) is 6.43 Å². The number of nitrogens with two attached hydrogens (primary N) is 1. The van der Waals surface area contributed by atoms with Crippen molar-refractivity contribution in [2.45, 2.75) is 18.6 Å². The first-order valence-corrected chi connectivity index (χ1v) is 9.20. The van der Waals surface area contributed by atoms with Crippen LogP contribution in [0, 0.1) is 23.5 Å². The molecular formula is C17H18F4N4O2S. The number of nitrogens with one attached hydrogen (secondary N) is 1. The number of amides is 1. The van der Waals surface area contributed by atoms with Crippen molar-refractivity contribution in [2.75, 3.05) is 36.0 Å². The van der Waals surface area contributed by atoms with Crippen molar-refractivity contribution in [1.82, 2.24) is 5.32 Å². The number of nitrogens with zero attached hydrogens (tertiary/aromatic N) is 2. The normalized spacial score (nSPS) is 28.6. The van der Waals surface area contributed by atoms with E-state index in [-0.39, 0.29) is 42.3 Å². The molecule has 0 aromatic heterocycles. The molecule has 4 atom stereocenters. The van der Waals surface area contributed by atoms with Gasteiger partial charge in [-0.2, -0.15) is 0 Å². The number of carbonyl (C=O) groups is 1. The van der Waals surface area contributed by atoms with Crippen LogP contribution in [0.3, 0.4) is 0 Å². The summed E-state index contributed by atoms with van der Waals surface area (Å²) in [5, 5.41) is 2.31. The molecule has 1 aromatic rings. The van der Waals surface area contributed by atoms with E-state index in [1.54, 1.807) is 4.90 Å². The number of thiocarbonyl (C=S) groups is 1. The Balaban J connectivity index is 1.44. The zero-order valence-electron chi connectivity index (χ0n) is 14.6. The maximum Gasteiger partial charge on any atom is 0.414 e. The number of ether oxygens (including phenoxy) is 1. The fraction of sp³-hybridized carbons (Fsp3) is 0.529. The average molecular weight is 418 g/mol. The molecule has 4 rings (SSSR count). The number of cyclic esters (lactones) is 1. The molecule has 3 N–H and O–H groups in total. The summed E-state index contributed by atoms with van der Waals surface area (Å²) in [6, 6.07) is 2.25. The number of rotatable bonds is 5. The van der Waals surface area contributed by atoms with Crippen LogP contribution in [0.15, 0.2) is 12.1 Å². The van der Waals surface area contributed by atoms with Gasteiger partial charge in [-0.05, 0) is 11.8 Å². The van der Waals surface area contributed by atoms with Crippen LogP contribution in [0.25, 0.3) is 0 Å². The van der Waals surface area contributed by atoms with E-state index < -0.39 is 35.2 Å². The molecule has 2 heterocycles. The number of hydrogen-bond acceptors (Lipinski definition) is 5. The van der Waals surface area contributed by atoms with Crippen LogP contribution in [0.2, 0.25) is 0 Å². The summed E-state index contributed by atoms with van der Waals surface area (Å²) < 4.78 is 59.1. The summed E-state index contributed by atoms with van der Waals surface area (Å²) in [4.78, 5) is 14.1. The van der Waals surface area contributed by atoms with Crippen molar-refractivity contribution in [3.05, 3.63) is 23.8 Å². The summed E-state index contributed by atoms with van der Waals surface area (Å²) >= 11 is 4.46. The molecular weight excluding hydrogens is 400 g/mol. The van der Waals surface area contributed by atoms with Gasteiger partial charge in [0, 0.05) is 31.3 Å². The fourth-order valence-corrected chi connectivity index (χ4v) is 3.98. The number of alkyl halides is 2. The lowest BCUT2D eigenvalue weighted by Gasteiger charge is -2.24. The molecule has 0 bridgehead atoms. The van der Waals surface area contributed by atoms with Crippen molar-refractivity contribution in [3.8, 4) is 0 Å². The van der Waals surface area contributed by atoms with Crippen molar-refractivity contribution in [2.24, 2.45) is 17.6 Å². The smallest absolute Gasteiger partial charge is 0.414 e. The quantitative estimate of drug-likeness (QED) is 0.562. The zero-order valence-corrected chi connectivity index (χ0v) is 15.4. The molecule has 1 aliphatic carbocycles. The second-order valence-corrected chi connectivity index (χ2v) is 7.67. The number of piperidine rings is 1. The van der Waals surface area contributed by atoms with Gasteiger partial charge < -0.3 is 20.7 Å². The fourth-order valence-electron chi connectivity index (χ4n) is 3.90. The highest BCUT2D eigenvalue weighted by Crippen LogP contribution is 2.46. The van der Waals surface area contributed by atoms with E-state index in [1.165, 1.54) is 0 Å². The molecule has 2 saturated heterocycles. The Morgan fingerprint density at radius 1 is 1.25 bits per heavy atom. The molecule has 0 radical (unpaired) electrons. The van der Waals surface area contributed by atoms with Gasteiger partial charge in [-0.3, -0.25) is 4.90 Å². The lowest BCUT2D eigenvalue weighted by atomic mass is 10.2. The molecule has 6 nitrogen and oxygen atoms in total. The predicted molar refractivity (Wildman–Crippen MR) is 97.7 cm³/mol. The van der Waals surface area contributed by atoms with E-state index in [2.05, 4.69) is 17.5 Å². The van der Waals surface area contributed by atoms with E-state index in [0.717, 1.165) is 17.0 Å². The number of fused-ring (bicyclic) bond motifs is 1. The Morgan fingerprint density at radius 2 is 1.86 bits per heavy atom. The third-order valence-corrected chi connectivity index (χ3v) is 5.79. The SMILES string of the molecule is NC1[C@H]2CN(c3c(F)cc(N4C[C@H](CNC(=S)C(F)F)OC4=O)cc3F)C[C@@H]12. The van der Waals surface area contributed by atoms with Gasteiger partial charge in [0.05, 0.1) is 18.8 Å². The van der Waals surface area contributed by atoms with E-state index in [0.29, 0.717) is 13.1 Å². The van der Waals surface area contributed by atoms with Crippen LogP contribution in [0.1, 0.15) is 0 Å². The van der Waals surface area contributed by atoms with Gasteiger partial charge in [0.2, 0.25) is 0 Å². The molecule has 1 aromatic carbocycles. The minimum Gasteiger partial charge on any atom is -0.442 e. The first-order chi connectivity index (χ1) is 13.3. The standard InChI is InChI=1S/C17H18F4N4O2S/c18-11-1-7(2-12(19)14(11)24-5-9-10(6-24)13(9)22)25-4-8(27-17(25)26)3-23-16(28)15(20)21/h1-2,8-10,13,15H,3-6,22H2,(H,23,28)/t8-,9-,10+,13?/m0/s1. The van der Waals surface area contributed by atoms with Crippen LogP contribution in [-0.2, 0) is 4.74 Å². The summed E-state index contributed by atoms with van der Waals surface area (Å²) in [6.45, 7) is 0.842. The third kappa shape index (κ3) is 3.37. The number of benzene rings is 1. The molecule has 0 spiro atoms. The molecule has 3 fully saturated rings. The second-order valence-electron chi connectivity index (χ2n) is 7.23. The number of halogens is 4. The Kier molecular flexibility index (Phi) is 4.82. The minimum absolute atomic E-state index is 0.00347. The van der Waals surface area contributed by atoms with Crippen LogP contribution in [-0.4, -0.2) is 55.8 Å². The van der Waals surface area contributed by atoms with Crippen LogP contribution in [0.4, 0.5) is 33.7 Å². The zero-order chi connectivity index (χ0) is 20.2. The summed E-state index contributed by atoms with van der Waals surface area (Å²) in [7, 11) is 0. The second kappa shape index (κ2) is 7.03. The lowest BCUT2D eigenvalue weighted by molar-refractivity contribution is 0.142. The third-order valence-electron chi connectivity index (χ3n) is 5.47. The minimum atomic E-state index is -2.81. The molecule has 28 heavy (non-hydrogen) atoms. The van der Waals surface area contributed by atoms with Crippen LogP contribution in [0.5, 0.6) is 0 Å². The Morgan fingerprint density at radius 3 is 2.43 bits per heavy atom. The van der Waals surface area contributed by atoms with Gasteiger partial charge in [-0.15, -0.1) is 0 Å².